The highest BCUT2D eigenvalue weighted by molar-refractivity contribution is 7.89. The number of hydrogen-bond acceptors (Lipinski definition) is 5. The number of nitrogens with zero attached hydrogens (tertiary/aromatic N) is 4. The van der Waals surface area contributed by atoms with Crippen LogP contribution in [0.25, 0.3) is 0 Å². The van der Waals surface area contributed by atoms with Gasteiger partial charge in [0.2, 0.25) is 10.0 Å². The summed E-state index contributed by atoms with van der Waals surface area (Å²) in [6.45, 7) is 12.6. The third-order valence-corrected chi connectivity index (χ3v) is 8.10. The van der Waals surface area contributed by atoms with Gasteiger partial charge >= 0.3 is 0 Å². The van der Waals surface area contributed by atoms with Crippen molar-refractivity contribution in [2.75, 3.05) is 7.05 Å². The minimum atomic E-state index is -3.81. The number of Topliss-reactive ketones (excluding diaryl/α,β-unsaturated/α-hetero) is 1. The lowest BCUT2D eigenvalue weighted by Crippen LogP contribution is -2.27. The fourth-order valence-corrected chi connectivity index (χ4v) is 5.61. The molecule has 0 aliphatic rings. The number of rotatable bonds is 10. The van der Waals surface area contributed by atoms with Crippen LogP contribution in [-0.4, -0.2) is 39.9 Å². The van der Waals surface area contributed by atoms with Crippen LogP contribution in [0.4, 0.5) is 0 Å². The van der Waals surface area contributed by atoms with Crippen LogP contribution in [0.15, 0.2) is 33.8 Å². The van der Waals surface area contributed by atoms with E-state index in [9.17, 15) is 13.2 Å². The fourth-order valence-electron chi connectivity index (χ4n) is 4.11. The smallest absolute Gasteiger partial charge is 0.246 e. The summed E-state index contributed by atoms with van der Waals surface area (Å²) >= 11 is 0. The van der Waals surface area contributed by atoms with E-state index in [1.165, 1.54) is 22.3 Å². The van der Waals surface area contributed by atoms with Crippen molar-refractivity contribution in [1.29, 1.82) is 0 Å². The molecule has 0 aliphatic heterocycles. The van der Waals surface area contributed by atoms with E-state index < -0.39 is 10.0 Å². The van der Waals surface area contributed by atoms with Gasteiger partial charge in [0.1, 0.15) is 17.2 Å². The van der Waals surface area contributed by atoms with Crippen molar-refractivity contribution in [2.45, 2.75) is 72.5 Å². The lowest BCUT2D eigenvalue weighted by Gasteiger charge is -2.16. The summed E-state index contributed by atoms with van der Waals surface area (Å²) in [5, 5.41) is 4.40. The van der Waals surface area contributed by atoms with Crippen LogP contribution < -0.4 is 0 Å². The molecule has 0 atom stereocenters. The van der Waals surface area contributed by atoms with Crippen LogP contribution in [-0.2, 0) is 29.7 Å². The standard InChI is InChI=1S/C24H34N4O4S/c1-16(2)10-11-27-17(3)13-22(19(27)5)23(29)15-28-20(6)24(18(4)25-28)33(30,31)26(7)14-21-9-8-12-32-21/h8-9,12-13,16H,10-11,14-15H2,1-7H3. The summed E-state index contributed by atoms with van der Waals surface area (Å²) < 4.78 is 36.7. The van der Waals surface area contributed by atoms with Crippen molar-refractivity contribution in [3.05, 3.63) is 58.6 Å². The number of aryl methyl sites for hydroxylation is 2. The lowest BCUT2D eigenvalue weighted by atomic mass is 10.1. The van der Waals surface area contributed by atoms with Crippen molar-refractivity contribution in [1.82, 2.24) is 18.7 Å². The maximum Gasteiger partial charge on any atom is 0.246 e. The SMILES string of the molecule is Cc1nn(CC(=O)c2cc(C)n(CCC(C)C)c2C)c(C)c1S(=O)(=O)N(C)Cc1ccco1. The predicted molar refractivity (Wildman–Crippen MR) is 127 cm³/mol. The number of carbonyl (C=O) groups is 1. The Morgan fingerprint density at radius 1 is 1.18 bits per heavy atom. The molecular formula is C24H34N4O4S. The molecule has 3 heterocycles. The Morgan fingerprint density at radius 2 is 1.88 bits per heavy atom. The molecule has 180 valence electrons. The van der Waals surface area contributed by atoms with Crippen molar-refractivity contribution in [3.63, 3.8) is 0 Å². The zero-order valence-electron chi connectivity index (χ0n) is 20.5. The molecule has 33 heavy (non-hydrogen) atoms. The van der Waals surface area contributed by atoms with Gasteiger partial charge in [-0.3, -0.25) is 9.48 Å². The molecule has 8 nitrogen and oxygen atoms in total. The van der Waals surface area contributed by atoms with E-state index in [0.29, 0.717) is 28.6 Å². The van der Waals surface area contributed by atoms with Crippen molar-refractivity contribution >= 4 is 15.8 Å². The first-order valence-corrected chi connectivity index (χ1v) is 12.6. The van der Waals surface area contributed by atoms with Crippen molar-refractivity contribution in [2.24, 2.45) is 5.92 Å². The monoisotopic (exact) mass is 474 g/mol. The molecule has 3 aromatic heterocycles. The minimum Gasteiger partial charge on any atom is -0.468 e. The Hall–Kier alpha value is -2.65. The first-order valence-electron chi connectivity index (χ1n) is 11.2. The zero-order valence-corrected chi connectivity index (χ0v) is 21.4. The van der Waals surface area contributed by atoms with Gasteiger partial charge in [-0.15, -0.1) is 0 Å². The highest BCUT2D eigenvalue weighted by Crippen LogP contribution is 2.25. The molecule has 0 aromatic carbocycles. The van der Waals surface area contributed by atoms with E-state index in [1.807, 2.05) is 19.9 Å². The van der Waals surface area contributed by atoms with Crippen LogP contribution in [0, 0.1) is 33.6 Å². The Morgan fingerprint density at radius 3 is 2.48 bits per heavy atom. The van der Waals surface area contributed by atoms with Crippen LogP contribution in [0.3, 0.4) is 0 Å². The Labute approximate surface area is 196 Å². The minimum absolute atomic E-state index is 0.0153. The zero-order chi connectivity index (χ0) is 24.5. The summed E-state index contributed by atoms with van der Waals surface area (Å²) in [7, 11) is -2.30. The molecule has 0 amide bonds. The van der Waals surface area contributed by atoms with Gasteiger partial charge in [0, 0.05) is 30.5 Å². The normalized spacial score (nSPS) is 12.3. The maximum atomic E-state index is 13.2. The van der Waals surface area contributed by atoms with Gasteiger partial charge < -0.3 is 8.98 Å². The van der Waals surface area contributed by atoms with Crippen molar-refractivity contribution < 1.29 is 17.6 Å². The highest BCUT2D eigenvalue weighted by atomic mass is 32.2. The van der Waals surface area contributed by atoms with Crippen LogP contribution in [0.1, 0.15) is 59.2 Å². The first-order chi connectivity index (χ1) is 15.4. The van der Waals surface area contributed by atoms with Gasteiger partial charge in [-0.1, -0.05) is 13.8 Å². The molecule has 9 heteroatoms. The number of aromatic nitrogens is 3. The molecule has 0 fully saturated rings. The van der Waals surface area contributed by atoms with Gasteiger partial charge in [0.05, 0.1) is 24.2 Å². The summed E-state index contributed by atoms with van der Waals surface area (Å²) in [6, 6.07) is 5.36. The fraction of sp³-hybridized carbons (Fsp3) is 0.500. The van der Waals surface area contributed by atoms with Crippen molar-refractivity contribution in [3.8, 4) is 0 Å². The highest BCUT2D eigenvalue weighted by Gasteiger charge is 2.30. The number of furan rings is 1. The van der Waals surface area contributed by atoms with Gasteiger partial charge in [0.15, 0.2) is 5.78 Å². The maximum absolute atomic E-state index is 13.2. The Balaban J connectivity index is 1.84. The third-order valence-electron chi connectivity index (χ3n) is 6.04. The Bertz CT molecular complexity index is 1230. The van der Waals surface area contributed by atoms with Crippen LogP contribution >= 0.6 is 0 Å². The second kappa shape index (κ2) is 9.69. The first kappa shape index (κ1) is 25.0. The quantitative estimate of drug-likeness (QED) is 0.410. The molecular weight excluding hydrogens is 440 g/mol. The topological polar surface area (TPSA) is 90.3 Å². The average molecular weight is 475 g/mol. The number of carbonyl (C=O) groups excluding carboxylic acids is 1. The van der Waals surface area contributed by atoms with Gasteiger partial charge in [0.25, 0.3) is 0 Å². The van der Waals surface area contributed by atoms with E-state index in [2.05, 4.69) is 23.5 Å². The molecule has 0 spiro atoms. The van der Waals surface area contributed by atoms with E-state index >= 15 is 0 Å². The third kappa shape index (κ3) is 5.14. The molecule has 0 saturated heterocycles. The van der Waals surface area contributed by atoms with Gasteiger partial charge in [-0.05, 0) is 58.2 Å². The lowest BCUT2D eigenvalue weighted by molar-refractivity contribution is 0.0966. The number of sulfonamides is 1. The van der Waals surface area contributed by atoms with E-state index in [4.69, 9.17) is 4.42 Å². The van der Waals surface area contributed by atoms with Gasteiger partial charge in [-0.25, -0.2) is 8.42 Å². The molecule has 3 aromatic rings. The van der Waals surface area contributed by atoms with Gasteiger partial charge in [-0.2, -0.15) is 9.40 Å². The van der Waals surface area contributed by atoms with Crippen LogP contribution in [0.2, 0.25) is 0 Å². The predicted octanol–water partition coefficient (Wildman–Crippen LogP) is 4.26. The number of hydrogen-bond donors (Lipinski definition) is 0. The summed E-state index contributed by atoms with van der Waals surface area (Å²) in [6.07, 6.45) is 2.55. The second-order valence-corrected chi connectivity index (χ2v) is 11.0. The molecule has 0 saturated carbocycles. The largest absolute Gasteiger partial charge is 0.468 e. The van der Waals surface area contributed by atoms with E-state index in [0.717, 1.165) is 24.4 Å². The summed E-state index contributed by atoms with van der Waals surface area (Å²) in [4.78, 5) is 13.3. The molecule has 0 bridgehead atoms. The van der Waals surface area contributed by atoms with E-state index in [1.54, 1.807) is 26.0 Å². The summed E-state index contributed by atoms with van der Waals surface area (Å²) in [5.74, 6) is 1.04. The molecule has 0 N–H and O–H groups in total. The van der Waals surface area contributed by atoms with E-state index in [-0.39, 0.29) is 23.8 Å². The average Bonchev–Trinajstić information content (AvgIpc) is 3.40. The molecule has 0 aliphatic carbocycles. The molecule has 0 radical (unpaired) electrons. The number of ketones is 1. The summed E-state index contributed by atoms with van der Waals surface area (Å²) in [5.41, 5.74) is 3.45. The Kier molecular flexibility index (Phi) is 7.33. The molecule has 0 unspecified atom stereocenters. The molecule has 3 rings (SSSR count). The second-order valence-electron chi connectivity index (χ2n) is 9.04. The van der Waals surface area contributed by atoms with Crippen LogP contribution in [0.5, 0.6) is 0 Å².